The van der Waals surface area contributed by atoms with Crippen LogP contribution in [0, 0.1) is 6.20 Å². The fourth-order valence-corrected chi connectivity index (χ4v) is 1.99. The summed E-state index contributed by atoms with van der Waals surface area (Å²) in [7, 11) is 0. The minimum Gasteiger partial charge on any atom is -0.413 e. The maximum atomic E-state index is 12.2. The first kappa shape index (κ1) is 24.2. The molecule has 0 N–H and O–H groups in total. The molecular weight excluding hydrogens is 608 g/mol. The number of aromatic nitrogens is 7. The number of pyridine rings is 2. The molecule has 0 unspecified atom stereocenters. The molecule has 4 heterocycles. The van der Waals surface area contributed by atoms with Gasteiger partial charge in [-0.1, -0.05) is 24.4 Å². The molecule has 0 bridgehead atoms. The maximum absolute atomic E-state index is 12.2. The molecule has 0 aromatic carbocycles. The van der Waals surface area contributed by atoms with Crippen molar-refractivity contribution in [2.75, 3.05) is 0 Å². The van der Waals surface area contributed by atoms with Crippen molar-refractivity contribution in [3.05, 3.63) is 72.6 Å². The first-order valence-electron chi connectivity index (χ1n) is 7.97. The van der Waals surface area contributed by atoms with Gasteiger partial charge in [0.05, 0.1) is 17.2 Å². The molecule has 0 saturated heterocycles. The van der Waals surface area contributed by atoms with E-state index in [2.05, 4.69) is 36.4 Å². The van der Waals surface area contributed by atoms with Gasteiger partial charge in [-0.25, -0.2) is 0 Å². The van der Waals surface area contributed by atoms with Gasteiger partial charge >= 0.3 is 12.4 Å². The van der Waals surface area contributed by atoms with E-state index in [0.717, 1.165) is 10.7 Å². The third kappa shape index (κ3) is 6.43. The van der Waals surface area contributed by atoms with E-state index in [-0.39, 0.29) is 31.6 Å². The van der Waals surface area contributed by atoms with Crippen LogP contribution in [-0.4, -0.2) is 29.8 Å². The van der Waals surface area contributed by atoms with Gasteiger partial charge in [0.25, 0.3) is 0 Å². The number of nitrogens with zero attached hydrogens (tertiary/aromatic N) is 7. The summed E-state index contributed by atoms with van der Waals surface area (Å²) in [5.41, 5.74) is -0.714. The monoisotopic (exact) mass is 618 g/mol. The van der Waals surface area contributed by atoms with Gasteiger partial charge in [-0.05, 0) is 24.0 Å². The Kier molecular flexibility index (Phi) is 7.63. The van der Waals surface area contributed by atoms with Gasteiger partial charge in [0.1, 0.15) is 5.82 Å². The molecule has 0 aliphatic rings. The zero-order valence-electron chi connectivity index (χ0n) is 14.9. The van der Waals surface area contributed by atoms with Crippen molar-refractivity contribution in [1.82, 2.24) is 34.9 Å². The molecule has 31 heavy (non-hydrogen) atoms. The summed E-state index contributed by atoms with van der Waals surface area (Å²) in [5, 5.41) is 9.57. The second kappa shape index (κ2) is 9.79. The molecule has 0 fully saturated rings. The van der Waals surface area contributed by atoms with E-state index in [0.29, 0.717) is 5.82 Å². The first-order chi connectivity index (χ1) is 14.1. The van der Waals surface area contributed by atoms with Crippen LogP contribution in [0.4, 0.5) is 26.3 Å². The maximum Gasteiger partial charge on any atom is 0.429 e. The molecule has 0 amide bonds. The van der Waals surface area contributed by atoms with Gasteiger partial charge in [-0.15, -0.1) is 6.07 Å². The molecule has 4 aromatic heterocycles. The Morgan fingerprint density at radius 3 is 2.03 bits per heavy atom. The summed E-state index contributed by atoms with van der Waals surface area (Å²) in [5.74, 6) is -1.07. The van der Waals surface area contributed by atoms with E-state index in [1.807, 2.05) is 0 Å². The van der Waals surface area contributed by atoms with Crippen LogP contribution >= 0.6 is 0 Å². The molecule has 0 spiro atoms. The molecule has 0 aliphatic heterocycles. The van der Waals surface area contributed by atoms with E-state index < -0.39 is 23.9 Å². The molecule has 4 rings (SSSR count). The van der Waals surface area contributed by atoms with Gasteiger partial charge in [0.15, 0.2) is 0 Å². The summed E-state index contributed by atoms with van der Waals surface area (Å²) < 4.78 is 74.0. The molecule has 165 valence electrons. The standard InChI is InChI=1S/C9H5F3N3.C8H4F3N4.Ir/c10-9(11,12)7-4-6-15(14-7)8-3-1-2-5-13-8;9-8(10,11)7-13-6(14-15-7)5-3-1-2-4-12-5;/h1-5H;1-4H;/q2*-1;. The van der Waals surface area contributed by atoms with Crippen LogP contribution < -0.4 is 5.10 Å². The molecule has 0 aliphatic carbocycles. The van der Waals surface area contributed by atoms with Gasteiger partial charge in [0.2, 0.25) is 0 Å². The largest absolute Gasteiger partial charge is 0.429 e. The van der Waals surface area contributed by atoms with Crippen LogP contribution in [0.5, 0.6) is 0 Å². The van der Waals surface area contributed by atoms with E-state index in [9.17, 15) is 26.3 Å². The van der Waals surface area contributed by atoms with Crippen molar-refractivity contribution in [1.29, 1.82) is 0 Å². The minimum absolute atomic E-state index is 0. The van der Waals surface area contributed by atoms with Crippen LogP contribution in [0.25, 0.3) is 17.3 Å². The Morgan fingerprint density at radius 1 is 0.871 bits per heavy atom. The van der Waals surface area contributed by atoms with E-state index in [1.165, 1.54) is 18.5 Å². The van der Waals surface area contributed by atoms with Gasteiger partial charge in [-0.3, -0.25) is 15.2 Å². The van der Waals surface area contributed by atoms with Crippen molar-refractivity contribution >= 4 is 0 Å². The Balaban J connectivity index is 0.000000213. The zero-order valence-corrected chi connectivity index (χ0v) is 17.3. The smallest absolute Gasteiger partial charge is 0.413 e. The predicted molar refractivity (Wildman–Crippen MR) is 88.8 cm³/mol. The number of hydrogen-bond acceptors (Lipinski definition) is 5. The quantitative estimate of drug-likeness (QED) is 0.253. The van der Waals surface area contributed by atoms with Gasteiger partial charge in [0, 0.05) is 32.5 Å². The Labute approximate surface area is 183 Å². The topological polar surface area (TPSA) is 83.5 Å². The van der Waals surface area contributed by atoms with Crippen LogP contribution in [0.3, 0.4) is 0 Å². The van der Waals surface area contributed by atoms with Crippen molar-refractivity contribution in [2.45, 2.75) is 12.4 Å². The zero-order chi connectivity index (χ0) is 21.8. The predicted octanol–water partition coefficient (Wildman–Crippen LogP) is 3.60. The number of rotatable bonds is 2. The van der Waals surface area contributed by atoms with E-state index >= 15 is 0 Å². The minimum atomic E-state index is -4.57. The third-order valence-corrected chi connectivity index (χ3v) is 3.29. The summed E-state index contributed by atoms with van der Waals surface area (Å²) in [6, 6.07) is 10.4. The van der Waals surface area contributed by atoms with Crippen molar-refractivity contribution in [3.8, 4) is 17.3 Å². The molecule has 0 atom stereocenters. The van der Waals surface area contributed by atoms with Crippen molar-refractivity contribution < 1.29 is 46.4 Å². The summed E-state index contributed by atoms with van der Waals surface area (Å²) >= 11 is 0. The fraction of sp³-hybridized carbons (Fsp3) is 0.118. The Bertz CT molecular complexity index is 990. The molecule has 14 heteroatoms. The van der Waals surface area contributed by atoms with Gasteiger partial charge < -0.3 is 19.7 Å². The summed E-state index contributed by atoms with van der Waals surface area (Å²) in [6.45, 7) is 0. The molecule has 1 radical (unpaired) electrons. The molecule has 7 nitrogen and oxygen atoms in total. The summed E-state index contributed by atoms with van der Waals surface area (Å²) in [6.07, 6.45) is -3.75. The number of hydrogen-bond donors (Lipinski definition) is 0. The third-order valence-electron chi connectivity index (χ3n) is 3.29. The van der Waals surface area contributed by atoms with Crippen LogP contribution in [0.2, 0.25) is 0 Å². The Morgan fingerprint density at radius 2 is 1.55 bits per heavy atom. The molecular formula is C17H9F6IrN7-2. The fourth-order valence-electron chi connectivity index (χ4n) is 1.99. The van der Waals surface area contributed by atoms with Crippen LogP contribution in [-0.2, 0) is 32.5 Å². The average molecular weight is 618 g/mol. The molecule has 0 saturated carbocycles. The Hall–Kier alpha value is -3.12. The van der Waals surface area contributed by atoms with Crippen molar-refractivity contribution in [2.24, 2.45) is 0 Å². The second-order valence-electron chi connectivity index (χ2n) is 5.43. The van der Waals surface area contributed by atoms with Gasteiger partial charge in [-0.2, -0.15) is 26.3 Å². The summed E-state index contributed by atoms with van der Waals surface area (Å²) in [4.78, 5) is 10.9. The normalized spacial score (nSPS) is 11.3. The van der Waals surface area contributed by atoms with Crippen LogP contribution in [0.1, 0.15) is 11.5 Å². The molecule has 4 aromatic rings. The SMILES string of the molecule is FC(F)(F)c1c[c-]n(-c2ccccn2)n1.FC(F)(F)c1n[n-]c(-c2ccccn2)n1.[Ir]. The van der Waals surface area contributed by atoms with Crippen molar-refractivity contribution in [3.63, 3.8) is 0 Å². The van der Waals surface area contributed by atoms with E-state index in [4.69, 9.17) is 0 Å². The average Bonchev–Trinajstić information content (AvgIpc) is 3.40. The second-order valence-corrected chi connectivity index (χ2v) is 5.43. The number of halogens is 6. The first-order valence-corrected chi connectivity index (χ1v) is 7.97. The van der Waals surface area contributed by atoms with E-state index in [1.54, 1.807) is 30.3 Å². The van der Waals surface area contributed by atoms with Crippen LogP contribution in [0.15, 0.2) is 54.9 Å². The number of alkyl halides is 6.